The van der Waals surface area contributed by atoms with Crippen LogP contribution in [0, 0.1) is 5.92 Å². The second-order valence-electron chi connectivity index (χ2n) is 6.41. The van der Waals surface area contributed by atoms with Crippen molar-refractivity contribution in [1.29, 1.82) is 0 Å². The van der Waals surface area contributed by atoms with Gasteiger partial charge in [0, 0.05) is 31.9 Å². The molecule has 1 N–H and O–H groups in total. The summed E-state index contributed by atoms with van der Waals surface area (Å²) < 4.78 is 0. The van der Waals surface area contributed by atoms with Crippen molar-refractivity contribution in [3.63, 3.8) is 0 Å². The first-order valence-electron chi connectivity index (χ1n) is 8.03. The van der Waals surface area contributed by atoms with E-state index in [1.807, 2.05) is 19.1 Å². The normalized spacial score (nSPS) is 27.2. The molecular formula is C17H22N4O2. The van der Waals surface area contributed by atoms with Crippen LogP contribution in [0.5, 0.6) is 0 Å². The van der Waals surface area contributed by atoms with Gasteiger partial charge in [0.25, 0.3) is 5.91 Å². The van der Waals surface area contributed by atoms with Gasteiger partial charge in [-0.25, -0.2) is 0 Å². The second kappa shape index (κ2) is 6.10. The van der Waals surface area contributed by atoms with E-state index in [2.05, 4.69) is 15.3 Å². The molecule has 6 heteroatoms. The Kier molecular flexibility index (Phi) is 4.15. The maximum Gasteiger partial charge on any atom is 0.255 e. The van der Waals surface area contributed by atoms with E-state index in [0.29, 0.717) is 32.2 Å². The number of nitrogens with zero attached hydrogens (tertiary/aromatic N) is 3. The maximum atomic E-state index is 12.4. The molecule has 0 atom stereocenters. The van der Waals surface area contributed by atoms with Gasteiger partial charge in [-0.05, 0) is 44.2 Å². The third kappa shape index (κ3) is 2.98. The Bertz CT molecular complexity index is 633. The van der Waals surface area contributed by atoms with E-state index in [9.17, 15) is 9.59 Å². The lowest BCUT2D eigenvalue weighted by molar-refractivity contribution is -0.134. The first-order valence-corrected chi connectivity index (χ1v) is 8.03. The number of nitrogens with one attached hydrogen (secondary N) is 1. The number of likely N-dealkylation sites (N-methyl/N-ethyl adjacent to an activating group) is 1. The summed E-state index contributed by atoms with van der Waals surface area (Å²) in [5.41, 5.74) is 0.375. The van der Waals surface area contributed by atoms with E-state index in [1.54, 1.807) is 24.3 Å². The number of pyridine rings is 1. The van der Waals surface area contributed by atoms with E-state index in [1.165, 1.54) is 0 Å². The van der Waals surface area contributed by atoms with Gasteiger partial charge in [0.2, 0.25) is 5.91 Å². The van der Waals surface area contributed by atoms with Crippen molar-refractivity contribution in [3.05, 3.63) is 30.1 Å². The Morgan fingerprint density at radius 2 is 2.17 bits per heavy atom. The maximum absolute atomic E-state index is 12.4. The van der Waals surface area contributed by atoms with Gasteiger partial charge in [-0.15, -0.1) is 0 Å². The van der Waals surface area contributed by atoms with Gasteiger partial charge in [-0.1, -0.05) is 6.07 Å². The molecule has 1 aromatic heterocycles. The van der Waals surface area contributed by atoms with Crippen LogP contribution in [0.4, 0.5) is 0 Å². The number of amides is 2. The number of hydrogen-bond donors (Lipinski definition) is 1. The van der Waals surface area contributed by atoms with E-state index in [4.69, 9.17) is 0 Å². The highest BCUT2D eigenvalue weighted by molar-refractivity contribution is 6.07. The predicted octanol–water partition coefficient (Wildman–Crippen LogP) is 1.52. The number of amidine groups is 1. The summed E-state index contributed by atoms with van der Waals surface area (Å²) in [5, 5.41) is 2.97. The van der Waals surface area contributed by atoms with Crippen LogP contribution < -0.4 is 5.32 Å². The van der Waals surface area contributed by atoms with Crippen LogP contribution in [0.3, 0.4) is 0 Å². The summed E-state index contributed by atoms with van der Waals surface area (Å²) in [4.78, 5) is 35.0. The molecule has 1 saturated carbocycles. The van der Waals surface area contributed by atoms with Gasteiger partial charge in [-0.2, -0.15) is 0 Å². The molecule has 122 valence electrons. The first-order chi connectivity index (χ1) is 11.0. The highest BCUT2D eigenvalue weighted by atomic mass is 16.2. The first kappa shape index (κ1) is 15.6. The molecule has 1 aliphatic heterocycles. The Labute approximate surface area is 136 Å². The quantitative estimate of drug-likeness (QED) is 0.919. The zero-order valence-corrected chi connectivity index (χ0v) is 13.6. The minimum Gasteiger partial charge on any atom is -0.352 e. The predicted molar refractivity (Wildman–Crippen MR) is 86.7 cm³/mol. The van der Waals surface area contributed by atoms with E-state index in [-0.39, 0.29) is 17.7 Å². The number of carbonyl (C=O) groups is 2. The Morgan fingerprint density at radius 3 is 2.74 bits per heavy atom. The third-order valence-electron chi connectivity index (χ3n) is 4.94. The van der Waals surface area contributed by atoms with Crippen LogP contribution >= 0.6 is 0 Å². The lowest BCUT2D eigenvalue weighted by atomic mass is 9.76. The van der Waals surface area contributed by atoms with E-state index < -0.39 is 5.54 Å². The zero-order chi connectivity index (χ0) is 16.4. The molecule has 2 amide bonds. The standard InChI is InChI=1S/C17H22N4O2/c1-12-20-17(16(23)21(12)2)7-5-14(6-8-17)15(22)19-11-13-4-3-9-18-10-13/h3-4,9-10,14H,5-8,11H2,1-2H3,(H,19,22). The summed E-state index contributed by atoms with van der Waals surface area (Å²) in [6, 6.07) is 3.79. The summed E-state index contributed by atoms with van der Waals surface area (Å²) in [5.74, 6) is 0.869. The van der Waals surface area contributed by atoms with Crippen LogP contribution in [0.2, 0.25) is 0 Å². The van der Waals surface area contributed by atoms with Gasteiger partial charge in [-0.3, -0.25) is 19.6 Å². The van der Waals surface area contributed by atoms with Crippen molar-refractivity contribution >= 4 is 17.6 Å². The molecule has 1 aromatic rings. The fourth-order valence-electron chi connectivity index (χ4n) is 3.41. The highest BCUT2D eigenvalue weighted by Crippen LogP contribution is 2.39. The van der Waals surface area contributed by atoms with Crippen molar-refractivity contribution < 1.29 is 9.59 Å². The molecule has 2 heterocycles. The lowest BCUT2D eigenvalue weighted by Gasteiger charge is -2.32. The van der Waals surface area contributed by atoms with Gasteiger partial charge < -0.3 is 10.2 Å². The van der Waals surface area contributed by atoms with Crippen LogP contribution in [0.1, 0.15) is 38.2 Å². The molecule has 1 aliphatic carbocycles. The topological polar surface area (TPSA) is 74.7 Å². The van der Waals surface area contributed by atoms with Crippen LogP contribution in [-0.2, 0) is 16.1 Å². The number of hydrogen-bond acceptors (Lipinski definition) is 4. The van der Waals surface area contributed by atoms with Gasteiger partial charge in [0.05, 0.1) is 0 Å². The molecule has 6 nitrogen and oxygen atoms in total. The Hall–Kier alpha value is -2.24. The van der Waals surface area contributed by atoms with Gasteiger partial charge in [0.1, 0.15) is 11.4 Å². The van der Waals surface area contributed by atoms with E-state index in [0.717, 1.165) is 11.4 Å². The zero-order valence-electron chi connectivity index (χ0n) is 13.6. The van der Waals surface area contributed by atoms with Crippen LogP contribution in [-0.4, -0.2) is 40.1 Å². The lowest BCUT2D eigenvalue weighted by Crippen LogP contribution is -2.45. The molecular weight excluding hydrogens is 292 g/mol. The summed E-state index contributed by atoms with van der Waals surface area (Å²) in [7, 11) is 1.77. The van der Waals surface area contributed by atoms with Crippen molar-refractivity contribution in [2.45, 2.75) is 44.7 Å². The van der Waals surface area contributed by atoms with Crippen molar-refractivity contribution in [3.8, 4) is 0 Å². The molecule has 0 bridgehead atoms. The second-order valence-corrected chi connectivity index (χ2v) is 6.41. The summed E-state index contributed by atoms with van der Waals surface area (Å²) >= 11 is 0. The third-order valence-corrected chi connectivity index (χ3v) is 4.94. The van der Waals surface area contributed by atoms with Crippen molar-refractivity contribution in [2.75, 3.05) is 7.05 Å². The van der Waals surface area contributed by atoms with Gasteiger partial charge >= 0.3 is 0 Å². The molecule has 0 aromatic carbocycles. The fraction of sp³-hybridized carbons (Fsp3) is 0.529. The molecule has 3 rings (SSSR count). The van der Waals surface area contributed by atoms with Crippen LogP contribution in [0.25, 0.3) is 0 Å². The average Bonchev–Trinajstić information content (AvgIpc) is 2.78. The summed E-state index contributed by atoms with van der Waals surface area (Å²) in [6.45, 7) is 2.35. The number of rotatable bonds is 3. The SMILES string of the molecule is CC1=NC2(CCC(C(=O)NCc3cccnc3)CC2)C(=O)N1C. The largest absolute Gasteiger partial charge is 0.352 e. The molecule has 0 unspecified atom stereocenters. The number of aromatic nitrogens is 1. The number of carbonyl (C=O) groups excluding carboxylic acids is 2. The van der Waals surface area contributed by atoms with Crippen molar-refractivity contribution in [1.82, 2.24) is 15.2 Å². The minimum atomic E-state index is -0.612. The highest BCUT2D eigenvalue weighted by Gasteiger charge is 2.48. The molecule has 0 saturated heterocycles. The number of aliphatic imine (C=N–C) groups is 1. The smallest absolute Gasteiger partial charge is 0.255 e. The monoisotopic (exact) mass is 314 g/mol. The van der Waals surface area contributed by atoms with Crippen LogP contribution in [0.15, 0.2) is 29.5 Å². The minimum absolute atomic E-state index is 0.0356. The van der Waals surface area contributed by atoms with Crippen molar-refractivity contribution in [2.24, 2.45) is 10.9 Å². The molecule has 2 aliphatic rings. The van der Waals surface area contributed by atoms with E-state index >= 15 is 0 Å². The molecule has 23 heavy (non-hydrogen) atoms. The molecule has 1 fully saturated rings. The molecule has 1 spiro atoms. The van der Waals surface area contributed by atoms with Gasteiger partial charge in [0.15, 0.2) is 0 Å². The Balaban J connectivity index is 1.55. The summed E-state index contributed by atoms with van der Waals surface area (Å²) in [6.07, 6.45) is 6.17. The molecule has 0 radical (unpaired) electrons. The Morgan fingerprint density at radius 1 is 1.43 bits per heavy atom. The fourth-order valence-corrected chi connectivity index (χ4v) is 3.41. The average molecular weight is 314 g/mol.